The maximum Gasteiger partial charge on any atom is 0.303 e. The zero-order valence-electron chi connectivity index (χ0n) is 11.1. The van der Waals surface area contributed by atoms with Crippen LogP contribution >= 0.6 is 0 Å². The van der Waals surface area contributed by atoms with Crippen LogP contribution in [0.3, 0.4) is 0 Å². The van der Waals surface area contributed by atoms with Gasteiger partial charge in [-0.15, -0.1) is 0 Å². The molecule has 0 aromatic carbocycles. The minimum atomic E-state index is -1.09. The maximum atomic E-state index is 12.5. The van der Waals surface area contributed by atoms with Gasteiger partial charge in [0.15, 0.2) is 11.5 Å². The Bertz CT molecular complexity index is 502. The highest BCUT2D eigenvalue weighted by atomic mass is 16.5. The summed E-state index contributed by atoms with van der Waals surface area (Å²) in [5.74, 6) is -1.43. The van der Waals surface area contributed by atoms with E-state index in [2.05, 4.69) is 0 Å². The molecule has 0 radical (unpaired) electrons. The Balaban J connectivity index is 2.48. The first-order valence-corrected chi connectivity index (χ1v) is 6.09. The molecule has 2 aliphatic carbocycles. The molecule has 0 aliphatic heterocycles. The fourth-order valence-electron chi connectivity index (χ4n) is 2.73. The van der Waals surface area contributed by atoms with E-state index >= 15 is 0 Å². The summed E-state index contributed by atoms with van der Waals surface area (Å²) < 4.78 is 10.2. The molecule has 102 valence electrons. The highest BCUT2D eigenvalue weighted by Gasteiger charge is 2.55. The zero-order valence-corrected chi connectivity index (χ0v) is 11.1. The molecular formula is C14H16O5. The molecule has 0 heterocycles. The van der Waals surface area contributed by atoms with E-state index in [4.69, 9.17) is 9.47 Å². The Labute approximate surface area is 111 Å². The van der Waals surface area contributed by atoms with Crippen molar-refractivity contribution in [1.82, 2.24) is 0 Å². The third kappa shape index (κ3) is 1.99. The van der Waals surface area contributed by atoms with Gasteiger partial charge in [-0.1, -0.05) is 6.08 Å². The molecule has 0 amide bonds. The van der Waals surface area contributed by atoms with Gasteiger partial charge in [0.1, 0.15) is 6.10 Å². The van der Waals surface area contributed by atoms with Gasteiger partial charge in [0.05, 0.1) is 12.5 Å². The predicted octanol–water partition coefficient (Wildman–Crippen LogP) is 1.18. The number of ether oxygens (including phenoxy) is 2. The van der Waals surface area contributed by atoms with E-state index in [0.717, 1.165) is 0 Å². The maximum absolute atomic E-state index is 12.5. The summed E-state index contributed by atoms with van der Waals surface area (Å²) in [5, 5.41) is 0. The number of rotatable bonds is 2. The van der Waals surface area contributed by atoms with E-state index in [9.17, 15) is 14.4 Å². The van der Waals surface area contributed by atoms with Crippen molar-refractivity contribution in [3.8, 4) is 0 Å². The Morgan fingerprint density at radius 1 is 1.42 bits per heavy atom. The molecule has 0 aromatic rings. The highest BCUT2D eigenvalue weighted by Crippen LogP contribution is 2.45. The molecule has 0 N–H and O–H groups in total. The summed E-state index contributed by atoms with van der Waals surface area (Å²) in [4.78, 5) is 35.7. The molecule has 0 spiro atoms. The molecule has 0 bridgehead atoms. The second kappa shape index (κ2) is 4.64. The number of hydrogen-bond acceptors (Lipinski definition) is 5. The SMILES string of the molecule is COC1=CC(=O)[C@@H]2CC=C[C@H](OC(C)=O)[C@@]2(C)C1=O. The normalized spacial score (nSPS) is 33.5. The lowest BCUT2D eigenvalue weighted by Gasteiger charge is -2.43. The first-order chi connectivity index (χ1) is 8.91. The van der Waals surface area contributed by atoms with E-state index in [0.29, 0.717) is 6.42 Å². The summed E-state index contributed by atoms with van der Waals surface area (Å²) >= 11 is 0. The molecule has 3 atom stereocenters. The van der Waals surface area contributed by atoms with Gasteiger partial charge >= 0.3 is 5.97 Å². The lowest BCUT2D eigenvalue weighted by atomic mass is 9.61. The first kappa shape index (κ1) is 13.5. The third-order valence-electron chi connectivity index (χ3n) is 3.84. The number of ketones is 2. The molecular weight excluding hydrogens is 248 g/mol. The number of fused-ring (bicyclic) bond motifs is 1. The predicted molar refractivity (Wildman–Crippen MR) is 66.0 cm³/mol. The average Bonchev–Trinajstić information content (AvgIpc) is 2.35. The third-order valence-corrected chi connectivity index (χ3v) is 3.84. The van der Waals surface area contributed by atoms with Gasteiger partial charge in [0.2, 0.25) is 5.78 Å². The smallest absolute Gasteiger partial charge is 0.303 e. The first-order valence-electron chi connectivity index (χ1n) is 6.09. The average molecular weight is 264 g/mol. The number of Topliss-reactive ketones (excluding diaryl/α,β-unsaturated/α-hetero) is 1. The van der Waals surface area contributed by atoms with Crippen LogP contribution in [0, 0.1) is 11.3 Å². The van der Waals surface area contributed by atoms with Crippen LogP contribution in [0.5, 0.6) is 0 Å². The summed E-state index contributed by atoms with van der Waals surface area (Å²) in [6.07, 6.45) is 4.41. The highest BCUT2D eigenvalue weighted by molar-refractivity contribution is 6.12. The van der Waals surface area contributed by atoms with Crippen molar-refractivity contribution in [1.29, 1.82) is 0 Å². The summed E-state index contributed by atoms with van der Waals surface area (Å²) in [7, 11) is 1.35. The van der Waals surface area contributed by atoms with Gasteiger partial charge in [-0.25, -0.2) is 0 Å². The van der Waals surface area contributed by atoms with Crippen molar-refractivity contribution in [3.05, 3.63) is 24.0 Å². The largest absolute Gasteiger partial charge is 0.493 e. The number of carbonyl (C=O) groups excluding carboxylic acids is 3. The topological polar surface area (TPSA) is 69.7 Å². The summed E-state index contributed by atoms with van der Waals surface area (Å²) in [6, 6.07) is 0. The Kier molecular flexibility index (Phi) is 3.30. The fraction of sp³-hybridized carbons (Fsp3) is 0.500. The molecule has 0 saturated carbocycles. The monoisotopic (exact) mass is 264 g/mol. The second-order valence-corrected chi connectivity index (χ2v) is 4.97. The summed E-state index contributed by atoms with van der Waals surface area (Å²) in [6.45, 7) is 2.93. The Morgan fingerprint density at radius 3 is 2.68 bits per heavy atom. The zero-order chi connectivity index (χ0) is 14.2. The van der Waals surface area contributed by atoms with Crippen LogP contribution in [-0.2, 0) is 23.9 Å². The van der Waals surface area contributed by atoms with Crippen LogP contribution in [0.1, 0.15) is 20.3 Å². The van der Waals surface area contributed by atoms with Gasteiger partial charge < -0.3 is 9.47 Å². The van der Waals surface area contributed by atoms with Crippen LogP contribution in [0.15, 0.2) is 24.0 Å². The van der Waals surface area contributed by atoms with Crippen molar-refractivity contribution in [2.75, 3.05) is 7.11 Å². The van der Waals surface area contributed by atoms with Crippen molar-refractivity contribution in [2.24, 2.45) is 11.3 Å². The van der Waals surface area contributed by atoms with Crippen LogP contribution < -0.4 is 0 Å². The molecule has 0 saturated heterocycles. The number of hydrogen-bond donors (Lipinski definition) is 0. The van der Waals surface area contributed by atoms with Crippen LogP contribution in [0.25, 0.3) is 0 Å². The van der Waals surface area contributed by atoms with Crippen molar-refractivity contribution in [3.63, 3.8) is 0 Å². The quantitative estimate of drug-likeness (QED) is 0.553. The van der Waals surface area contributed by atoms with Crippen molar-refractivity contribution < 1.29 is 23.9 Å². The molecule has 0 unspecified atom stereocenters. The summed E-state index contributed by atoms with van der Waals surface area (Å²) in [5.41, 5.74) is -1.09. The number of esters is 1. The molecule has 0 fully saturated rings. The van der Waals surface area contributed by atoms with Gasteiger partial charge in [-0.3, -0.25) is 14.4 Å². The van der Waals surface area contributed by atoms with Gasteiger partial charge in [-0.2, -0.15) is 0 Å². The standard InChI is InChI=1S/C14H16O5/c1-8(15)19-12-6-4-5-9-10(16)7-11(18-3)13(17)14(9,12)2/h4,6-7,9,12H,5H2,1-3H3/t9-,12-,14-/m0/s1. The van der Waals surface area contributed by atoms with Crippen LogP contribution in [-0.4, -0.2) is 30.7 Å². The van der Waals surface area contributed by atoms with Crippen molar-refractivity contribution >= 4 is 17.5 Å². The molecule has 5 heteroatoms. The van der Waals surface area contributed by atoms with Gasteiger partial charge in [0, 0.05) is 18.9 Å². The lowest BCUT2D eigenvalue weighted by molar-refractivity contribution is -0.160. The Morgan fingerprint density at radius 2 is 2.11 bits per heavy atom. The number of carbonyl (C=O) groups is 3. The molecule has 0 aromatic heterocycles. The molecule has 5 nitrogen and oxygen atoms in total. The van der Waals surface area contributed by atoms with E-state index in [-0.39, 0.29) is 17.3 Å². The van der Waals surface area contributed by atoms with Crippen molar-refractivity contribution in [2.45, 2.75) is 26.4 Å². The minimum Gasteiger partial charge on any atom is -0.493 e. The number of allylic oxidation sites excluding steroid dienone is 3. The van der Waals surface area contributed by atoms with Gasteiger partial charge in [0.25, 0.3) is 0 Å². The van der Waals surface area contributed by atoms with Crippen LogP contribution in [0.2, 0.25) is 0 Å². The van der Waals surface area contributed by atoms with E-state index < -0.39 is 23.4 Å². The minimum absolute atomic E-state index is 0.0243. The molecule has 19 heavy (non-hydrogen) atoms. The second-order valence-electron chi connectivity index (χ2n) is 4.97. The van der Waals surface area contributed by atoms with E-state index in [1.165, 1.54) is 20.1 Å². The van der Waals surface area contributed by atoms with E-state index in [1.54, 1.807) is 19.1 Å². The fourth-order valence-corrected chi connectivity index (χ4v) is 2.73. The van der Waals surface area contributed by atoms with Crippen LogP contribution in [0.4, 0.5) is 0 Å². The molecule has 2 rings (SSSR count). The number of methoxy groups -OCH3 is 1. The Hall–Kier alpha value is -1.91. The van der Waals surface area contributed by atoms with Gasteiger partial charge in [-0.05, 0) is 19.4 Å². The lowest BCUT2D eigenvalue weighted by Crippen LogP contribution is -2.53. The van der Waals surface area contributed by atoms with E-state index in [1.807, 2.05) is 0 Å². The molecule has 2 aliphatic rings.